The molecule has 2 rings (SSSR count). The van der Waals surface area contributed by atoms with E-state index < -0.39 is 0 Å². The van der Waals surface area contributed by atoms with E-state index in [0.717, 1.165) is 31.7 Å². The summed E-state index contributed by atoms with van der Waals surface area (Å²) in [5, 5.41) is 3.35. The molecule has 1 N–H and O–H groups in total. The van der Waals surface area contributed by atoms with Crippen LogP contribution >= 0.6 is 0 Å². The van der Waals surface area contributed by atoms with Gasteiger partial charge in [-0.25, -0.2) is 4.39 Å². The molecule has 0 aliphatic heterocycles. The van der Waals surface area contributed by atoms with Crippen molar-refractivity contribution in [2.45, 2.75) is 19.9 Å². The zero-order valence-electron chi connectivity index (χ0n) is 12.8. The van der Waals surface area contributed by atoms with Crippen LogP contribution in [0.2, 0.25) is 0 Å². The maximum absolute atomic E-state index is 13.3. The van der Waals surface area contributed by atoms with Crippen LogP contribution in [0.4, 0.5) is 10.1 Å². The van der Waals surface area contributed by atoms with Gasteiger partial charge in [-0.1, -0.05) is 37.3 Å². The van der Waals surface area contributed by atoms with Gasteiger partial charge in [-0.3, -0.25) is 0 Å². The second kappa shape index (κ2) is 7.79. The fourth-order valence-electron chi connectivity index (χ4n) is 2.42. The van der Waals surface area contributed by atoms with Gasteiger partial charge in [0.1, 0.15) is 5.82 Å². The number of hydrogen-bond donors (Lipinski definition) is 1. The van der Waals surface area contributed by atoms with Crippen molar-refractivity contribution in [3.05, 3.63) is 65.5 Å². The van der Waals surface area contributed by atoms with E-state index >= 15 is 0 Å². The molecule has 0 bridgehead atoms. The van der Waals surface area contributed by atoms with Crippen molar-refractivity contribution in [3.8, 4) is 0 Å². The molecular formula is C18H23FN2. The van der Waals surface area contributed by atoms with E-state index in [-0.39, 0.29) is 5.82 Å². The third kappa shape index (κ3) is 4.57. The number of anilines is 1. The van der Waals surface area contributed by atoms with Gasteiger partial charge in [-0.15, -0.1) is 0 Å². The topological polar surface area (TPSA) is 15.3 Å². The van der Waals surface area contributed by atoms with Crippen LogP contribution in [-0.4, -0.2) is 20.1 Å². The lowest BCUT2D eigenvalue weighted by molar-refractivity contribution is 0.627. The normalized spacial score (nSPS) is 10.6. The van der Waals surface area contributed by atoms with Crippen molar-refractivity contribution >= 4 is 5.69 Å². The molecule has 0 atom stereocenters. The summed E-state index contributed by atoms with van der Waals surface area (Å²) in [6.07, 6.45) is 1.01. The first-order valence-corrected chi connectivity index (χ1v) is 7.45. The Morgan fingerprint density at radius 1 is 1.05 bits per heavy atom. The van der Waals surface area contributed by atoms with Gasteiger partial charge in [-0.05, 0) is 48.8 Å². The quantitative estimate of drug-likeness (QED) is 0.782. The van der Waals surface area contributed by atoms with Crippen LogP contribution < -0.4 is 10.2 Å². The number of halogens is 1. The van der Waals surface area contributed by atoms with Crippen LogP contribution in [0.1, 0.15) is 18.1 Å². The molecule has 0 fully saturated rings. The molecule has 2 aromatic rings. The molecule has 0 saturated carbocycles. The molecule has 21 heavy (non-hydrogen) atoms. The average Bonchev–Trinajstić information content (AvgIpc) is 2.49. The summed E-state index contributed by atoms with van der Waals surface area (Å²) in [5.74, 6) is -0.195. The fraction of sp³-hybridized carbons (Fsp3) is 0.333. The zero-order chi connectivity index (χ0) is 15.1. The van der Waals surface area contributed by atoms with E-state index in [2.05, 4.69) is 41.4 Å². The van der Waals surface area contributed by atoms with E-state index in [1.807, 2.05) is 13.1 Å². The second-order valence-electron chi connectivity index (χ2n) is 5.21. The first kappa shape index (κ1) is 15.5. The molecule has 0 radical (unpaired) electrons. The zero-order valence-corrected chi connectivity index (χ0v) is 12.8. The SMILES string of the molecule is CCNCCc1ccccc1CN(C)c1cccc(F)c1. The van der Waals surface area contributed by atoms with Gasteiger partial charge in [0, 0.05) is 19.3 Å². The Kier molecular flexibility index (Phi) is 5.76. The van der Waals surface area contributed by atoms with Crippen LogP contribution in [0, 0.1) is 5.82 Å². The van der Waals surface area contributed by atoms with Crippen molar-refractivity contribution in [2.75, 3.05) is 25.0 Å². The van der Waals surface area contributed by atoms with Crippen LogP contribution in [-0.2, 0) is 13.0 Å². The van der Waals surface area contributed by atoms with E-state index in [1.165, 1.54) is 17.2 Å². The van der Waals surface area contributed by atoms with Gasteiger partial charge in [0.25, 0.3) is 0 Å². The molecule has 0 heterocycles. The van der Waals surface area contributed by atoms with Crippen LogP contribution in [0.25, 0.3) is 0 Å². The minimum Gasteiger partial charge on any atom is -0.370 e. The third-order valence-electron chi connectivity index (χ3n) is 3.60. The van der Waals surface area contributed by atoms with Crippen LogP contribution in [0.5, 0.6) is 0 Å². The summed E-state index contributed by atoms with van der Waals surface area (Å²) in [5.41, 5.74) is 3.54. The van der Waals surface area contributed by atoms with E-state index in [9.17, 15) is 4.39 Å². The summed E-state index contributed by atoms with van der Waals surface area (Å²) < 4.78 is 13.3. The Bertz CT molecular complexity index is 569. The predicted molar refractivity (Wildman–Crippen MR) is 87.2 cm³/mol. The number of benzene rings is 2. The highest BCUT2D eigenvalue weighted by Crippen LogP contribution is 2.18. The molecule has 0 spiro atoms. The first-order valence-electron chi connectivity index (χ1n) is 7.45. The summed E-state index contributed by atoms with van der Waals surface area (Å²) in [6, 6.07) is 15.2. The molecule has 0 saturated heterocycles. The van der Waals surface area contributed by atoms with Crippen LogP contribution in [0.3, 0.4) is 0 Å². The minimum absolute atomic E-state index is 0.195. The molecule has 2 nitrogen and oxygen atoms in total. The molecule has 3 heteroatoms. The van der Waals surface area contributed by atoms with Crippen molar-refractivity contribution in [1.82, 2.24) is 5.32 Å². The maximum Gasteiger partial charge on any atom is 0.125 e. The Hall–Kier alpha value is -1.87. The van der Waals surface area contributed by atoms with Crippen molar-refractivity contribution in [3.63, 3.8) is 0 Å². The maximum atomic E-state index is 13.3. The van der Waals surface area contributed by atoms with E-state index in [4.69, 9.17) is 0 Å². The van der Waals surface area contributed by atoms with Crippen molar-refractivity contribution in [2.24, 2.45) is 0 Å². The Labute approximate surface area is 126 Å². The van der Waals surface area contributed by atoms with Gasteiger partial charge in [-0.2, -0.15) is 0 Å². The Morgan fingerprint density at radius 2 is 1.81 bits per heavy atom. The van der Waals surface area contributed by atoms with Gasteiger partial charge >= 0.3 is 0 Å². The lowest BCUT2D eigenvalue weighted by Gasteiger charge is -2.21. The minimum atomic E-state index is -0.195. The number of likely N-dealkylation sites (N-methyl/N-ethyl adjacent to an activating group) is 1. The molecule has 112 valence electrons. The predicted octanol–water partition coefficient (Wildman–Crippen LogP) is 3.61. The van der Waals surface area contributed by atoms with Gasteiger partial charge in [0.15, 0.2) is 0 Å². The summed E-state index contributed by atoms with van der Waals surface area (Å²) in [4.78, 5) is 2.08. The standard InChI is InChI=1S/C18H23FN2/c1-3-20-12-11-15-7-4-5-8-16(15)14-21(2)18-10-6-9-17(19)13-18/h4-10,13,20H,3,11-12,14H2,1-2H3. The molecule has 2 aromatic carbocycles. The summed E-state index contributed by atoms with van der Waals surface area (Å²) in [6.45, 7) is 4.87. The first-order chi connectivity index (χ1) is 10.2. The molecular weight excluding hydrogens is 263 g/mol. The van der Waals surface area contributed by atoms with Gasteiger partial charge in [0.2, 0.25) is 0 Å². The number of hydrogen-bond acceptors (Lipinski definition) is 2. The van der Waals surface area contributed by atoms with Crippen molar-refractivity contribution in [1.29, 1.82) is 0 Å². The molecule has 0 aliphatic rings. The largest absolute Gasteiger partial charge is 0.370 e. The van der Waals surface area contributed by atoms with Crippen LogP contribution in [0.15, 0.2) is 48.5 Å². The average molecular weight is 286 g/mol. The van der Waals surface area contributed by atoms with Gasteiger partial charge in [0.05, 0.1) is 0 Å². The Morgan fingerprint density at radius 3 is 2.52 bits per heavy atom. The number of nitrogens with one attached hydrogen (secondary N) is 1. The fourth-order valence-corrected chi connectivity index (χ4v) is 2.42. The number of nitrogens with zero attached hydrogens (tertiary/aromatic N) is 1. The molecule has 0 aromatic heterocycles. The van der Waals surface area contributed by atoms with Gasteiger partial charge < -0.3 is 10.2 Å². The second-order valence-corrected chi connectivity index (χ2v) is 5.21. The third-order valence-corrected chi connectivity index (χ3v) is 3.60. The van der Waals surface area contributed by atoms with Crippen molar-refractivity contribution < 1.29 is 4.39 Å². The van der Waals surface area contributed by atoms with E-state index in [1.54, 1.807) is 12.1 Å². The molecule has 0 aliphatic carbocycles. The highest BCUT2D eigenvalue weighted by molar-refractivity contribution is 5.47. The monoisotopic (exact) mass is 286 g/mol. The lowest BCUT2D eigenvalue weighted by Crippen LogP contribution is -2.20. The lowest BCUT2D eigenvalue weighted by atomic mass is 10.0. The molecule has 0 amide bonds. The summed E-state index contributed by atoms with van der Waals surface area (Å²) >= 11 is 0. The highest BCUT2D eigenvalue weighted by Gasteiger charge is 2.07. The van der Waals surface area contributed by atoms with E-state index in [0.29, 0.717) is 0 Å². The highest BCUT2D eigenvalue weighted by atomic mass is 19.1. The summed E-state index contributed by atoms with van der Waals surface area (Å²) in [7, 11) is 2.00. The molecule has 0 unspecified atom stereocenters. The smallest absolute Gasteiger partial charge is 0.125 e. The Balaban J connectivity index is 2.08. The number of rotatable bonds is 7.